The van der Waals surface area contributed by atoms with Crippen molar-refractivity contribution in [1.29, 1.82) is 0 Å². The summed E-state index contributed by atoms with van der Waals surface area (Å²) in [4.78, 5) is 29.0. The molecule has 1 amide bonds. The first-order valence-electron chi connectivity index (χ1n) is 8.56. The molecule has 30 heavy (non-hydrogen) atoms. The van der Waals surface area contributed by atoms with E-state index in [9.17, 15) is 26.7 Å². The van der Waals surface area contributed by atoms with E-state index in [2.05, 4.69) is 25.3 Å². The van der Waals surface area contributed by atoms with Crippen LogP contribution in [0.5, 0.6) is 0 Å². The summed E-state index contributed by atoms with van der Waals surface area (Å²) in [5.74, 6) is -0.734. The van der Waals surface area contributed by atoms with Crippen LogP contribution in [0.4, 0.5) is 22.0 Å². The lowest BCUT2D eigenvalue weighted by Gasteiger charge is -2.17. The van der Waals surface area contributed by atoms with Gasteiger partial charge in [-0.1, -0.05) is 0 Å². The van der Waals surface area contributed by atoms with Crippen LogP contribution >= 0.6 is 0 Å². The van der Waals surface area contributed by atoms with E-state index in [1.165, 1.54) is 31.7 Å². The van der Waals surface area contributed by atoms with Crippen molar-refractivity contribution in [2.24, 2.45) is 0 Å². The summed E-state index contributed by atoms with van der Waals surface area (Å²) in [6, 6.07) is 2.33. The van der Waals surface area contributed by atoms with Crippen molar-refractivity contribution in [3.63, 3.8) is 0 Å². The smallest absolute Gasteiger partial charge is 0.344 e. The lowest BCUT2D eigenvalue weighted by molar-refractivity contribution is -0.137. The molecule has 0 bridgehead atoms. The van der Waals surface area contributed by atoms with Crippen molar-refractivity contribution in [2.45, 2.75) is 25.6 Å². The van der Waals surface area contributed by atoms with Crippen LogP contribution in [-0.4, -0.2) is 25.8 Å². The highest BCUT2D eigenvalue weighted by Crippen LogP contribution is 2.33. The standard InChI is InChI=1S/C19H14F5N5O/c1-10(14-15(26-6-5-25-14)17-27-3-2-4-28-17)29-18(30)12-7-11(16(20)21)8-13(9-12)19(22,23)24/h2-10,16H,1H3,(H,29,30). The minimum absolute atomic E-state index is 0.237. The topological polar surface area (TPSA) is 80.7 Å². The second kappa shape index (κ2) is 8.47. The zero-order valence-electron chi connectivity index (χ0n) is 15.4. The number of carbonyl (C=O) groups excluding carboxylic acids is 1. The monoisotopic (exact) mass is 423 g/mol. The van der Waals surface area contributed by atoms with Crippen molar-refractivity contribution < 1.29 is 26.7 Å². The Bertz CT molecular complexity index is 1040. The summed E-state index contributed by atoms with van der Waals surface area (Å²) < 4.78 is 65.1. The fourth-order valence-corrected chi connectivity index (χ4v) is 2.68. The first kappa shape index (κ1) is 21.2. The molecule has 3 rings (SSSR count). The van der Waals surface area contributed by atoms with Gasteiger partial charge in [-0.15, -0.1) is 0 Å². The highest BCUT2D eigenvalue weighted by molar-refractivity contribution is 5.95. The number of rotatable bonds is 5. The molecule has 1 unspecified atom stereocenters. The Kier molecular flexibility index (Phi) is 5.99. The van der Waals surface area contributed by atoms with E-state index in [0.29, 0.717) is 12.1 Å². The lowest BCUT2D eigenvalue weighted by Crippen LogP contribution is -2.28. The summed E-state index contributed by atoms with van der Waals surface area (Å²) in [7, 11) is 0. The molecule has 0 aliphatic carbocycles. The van der Waals surface area contributed by atoms with E-state index >= 15 is 0 Å². The van der Waals surface area contributed by atoms with Gasteiger partial charge >= 0.3 is 6.18 Å². The van der Waals surface area contributed by atoms with Crippen molar-refractivity contribution >= 4 is 5.91 Å². The summed E-state index contributed by atoms with van der Waals surface area (Å²) in [5, 5.41) is 2.46. The zero-order chi connectivity index (χ0) is 21.9. The molecule has 2 aromatic heterocycles. The van der Waals surface area contributed by atoms with E-state index in [4.69, 9.17) is 0 Å². The van der Waals surface area contributed by atoms with E-state index in [1.54, 1.807) is 6.07 Å². The molecule has 0 saturated carbocycles. The Labute approximate surface area is 167 Å². The van der Waals surface area contributed by atoms with Crippen molar-refractivity contribution in [3.8, 4) is 11.5 Å². The summed E-state index contributed by atoms with van der Waals surface area (Å²) in [5.41, 5.74) is -2.26. The second-order valence-electron chi connectivity index (χ2n) is 6.20. The fraction of sp³-hybridized carbons (Fsp3) is 0.211. The number of halogens is 5. The number of nitrogens with one attached hydrogen (secondary N) is 1. The van der Waals surface area contributed by atoms with E-state index < -0.39 is 41.2 Å². The molecule has 0 radical (unpaired) electrons. The Morgan fingerprint density at radius 3 is 2.27 bits per heavy atom. The number of amides is 1. The van der Waals surface area contributed by atoms with Gasteiger partial charge in [-0.2, -0.15) is 13.2 Å². The first-order valence-corrected chi connectivity index (χ1v) is 8.56. The van der Waals surface area contributed by atoms with Crippen LogP contribution in [0.15, 0.2) is 49.1 Å². The SMILES string of the molecule is CC(NC(=O)c1cc(C(F)F)cc(C(F)(F)F)c1)c1nccnc1-c1ncccn1. The summed E-state index contributed by atoms with van der Waals surface area (Å²) >= 11 is 0. The molecular weight excluding hydrogens is 409 g/mol. The van der Waals surface area contributed by atoms with Gasteiger partial charge in [-0.05, 0) is 31.2 Å². The number of hydrogen-bond acceptors (Lipinski definition) is 5. The van der Waals surface area contributed by atoms with Gasteiger partial charge in [-0.3, -0.25) is 9.78 Å². The molecule has 0 saturated heterocycles. The molecule has 11 heteroatoms. The van der Waals surface area contributed by atoms with Crippen LogP contribution < -0.4 is 5.32 Å². The number of carbonyl (C=O) groups is 1. The third-order valence-corrected chi connectivity index (χ3v) is 4.06. The van der Waals surface area contributed by atoms with E-state index in [0.717, 1.165) is 6.07 Å². The lowest BCUT2D eigenvalue weighted by atomic mass is 10.0. The first-order chi connectivity index (χ1) is 14.2. The molecule has 1 atom stereocenters. The van der Waals surface area contributed by atoms with Crippen molar-refractivity contribution in [3.05, 3.63) is 71.4 Å². The third-order valence-electron chi connectivity index (χ3n) is 4.06. The van der Waals surface area contributed by atoms with Crippen LogP contribution in [0.2, 0.25) is 0 Å². The maximum atomic E-state index is 13.0. The maximum Gasteiger partial charge on any atom is 0.416 e. The molecule has 3 aromatic rings. The Morgan fingerprint density at radius 2 is 1.63 bits per heavy atom. The van der Waals surface area contributed by atoms with Gasteiger partial charge in [-0.25, -0.2) is 23.7 Å². The van der Waals surface area contributed by atoms with Crippen LogP contribution in [0.3, 0.4) is 0 Å². The number of hydrogen-bond donors (Lipinski definition) is 1. The average Bonchev–Trinajstić information content (AvgIpc) is 2.73. The van der Waals surface area contributed by atoms with Gasteiger partial charge in [0.25, 0.3) is 12.3 Å². The number of aromatic nitrogens is 4. The number of alkyl halides is 5. The van der Waals surface area contributed by atoms with Gasteiger partial charge in [0, 0.05) is 35.9 Å². The molecule has 6 nitrogen and oxygen atoms in total. The second-order valence-corrected chi connectivity index (χ2v) is 6.20. The highest BCUT2D eigenvalue weighted by atomic mass is 19.4. The van der Waals surface area contributed by atoms with Gasteiger partial charge in [0.05, 0.1) is 17.3 Å². The predicted molar refractivity (Wildman–Crippen MR) is 95.3 cm³/mol. The van der Waals surface area contributed by atoms with Gasteiger partial charge in [0.1, 0.15) is 5.69 Å². The molecule has 0 spiro atoms. The summed E-state index contributed by atoms with van der Waals surface area (Å²) in [6.07, 6.45) is -2.32. The summed E-state index contributed by atoms with van der Waals surface area (Å²) in [6.45, 7) is 1.52. The average molecular weight is 423 g/mol. The molecule has 1 N–H and O–H groups in total. The molecule has 0 aliphatic heterocycles. The quantitative estimate of drug-likeness (QED) is 0.616. The molecule has 0 fully saturated rings. The molecule has 0 aliphatic rings. The molecule has 1 aromatic carbocycles. The maximum absolute atomic E-state index is 13.0. The normalized spacial score (nSPS) is 12.6. The van der Waals surface area contributed by atoms with Gasteiger partial charge in [0.15, 0.2) is 5.82 Å². The van der Waals surface area contributed by atoms with Crippen LogP contribution in [0, 0.1) is 0 Å². The number of nitrogens with zero attached hydrogens (tertiary/aromatic N) is 4. The van der Waals surface area contributed by atoms with E-state index in [1.807, 2.05) is 0 Å². The fourth-order valence-electron chi connectivity index (χ4n) is 2.68. The minimum Gasteiger partial charge on any atom is -0.344 e. The third kappa shape index (κ3) is 4.73. The Balaban J connectivity index is 1.91. The van der Waals surface area contributed by atoms with Crippen molar-refractivity contribution in [1.82, 2.24) is 25.3 Å². The molecule has 156 valence electrons. The minimum atomic E-state index is -4.88. The van der Waals surface area contributed by atoms with Gasteiger partial charge < -0.3 is 5.32 Å². The molecule has 2 heterocycles. The van der Waals surface area contributed by atoms with E-state index in [-0.39, 0.29) is 17.2 Å². The highest BCUT2D eigenvalue weighted by Gasteiger charge is 2.33. The Hall–Kier alpha value is -3.50. The number of benzene rings is 1. The van der Waals surface area contributed by atoms with Gasteiger partial charge in [0.2, 0.25) is 0 Å². The predicted octanol–water partition coefficient (Wildman–Crippen LogP) is 4.38. The largest absolute Gasteiger partial charge is 0.416 e. The van der Waals surface area contributed by atoms with Crippen LogP contribution in [-0.2, 0) is 6.18 Å². The Morgan fingerprint density at radius 1 is 0.967 bits per heavy atom. The van der Waals surface area contributed by atoms with Crippen LogP contribution in [0.1, 0.15) is 46.6 Å². The van der Waals surface area contributed by atoms with Crippen molar-refractivity contribution in [2.75, 3.05) is 0 Å². The zero-order valence-corrected chi connectivity index (χ0v) is 15.4. The molecular formula is C19H14F5N5O. The van der Waals surface area contributed by atoms with Crippen LogP contribution in [0.25, 0.3) is 11.5 Å².